The largest absolute Gasteiger partial charge is 0.381 e. The van der Waals surface area contributed by atoms with Gasteiger partial charge in [-0.05, 0) is 53.4 Å². The van der Waals surface area contributed by atoms with E-state index in [1.807, 2.05) is 19.1 Å². The van der Waals surface area contributed by atoms with Crippen molar-refractivity contribution in [3.8, 4) is 0 Å². The highest BCUT2D eigenvalue weighted by Gasteiger charge is 2.10. The van der Waals surface area contributed by atoms with Crippen molar-refractivity contribution in [1.82, 2.24) is 0 Å². The highest BCUT2D eigenvalue weighted by atomic mass is 79.9. The molecule has 0 aromatic heterocycles. The summed E-state index contributed by atoms with van der Waals surface area (Å²) < 4.78 is 1.07. The van der Waals surface area contributed by atoms with E-state index < -0.39 is 0 Å². The number of hydrogen-bond donors (Lipinski definition) is 1. The Morgan fingerprint density at radius 2 is 1.87 bits per heavy atom. The van der Waals surface area contributed by atoms with Gasteiger partial charge in [-0.2, -0.15) is 0 Å². The van der Waals surface area contributed by atoms with Crippen LogP contribution in [0.15, 0.2) is 16.6 Å². The van der Waals surface area contributed by atoms with E-state index in [0.29, 0.717) is 12.0 Å². The number of nitrogens with one attached hydrogen (secondary N) is 1. The minimum atomic E-state index is 0.431. The van der Waals surface area contributed by atoms with Crippen molar-refractivity contribution in [2.45, 2.75) is 33.7 Å². The van der Waals surface area contributed by atoms with Crippen molar-refractivity contribution in [1.29, 1.82) is 0 Å². The molecule has 1 aromatic rings. The first-order valence-corrected chi connectivity index (χ1v) is 6.31. The summed E-state index contributed by atoms with van der Waals surface area (Å²) in [6.45, 7) is 8.57. The molecule has 0 saturated carbocycles. The van der Waals surface area contributed by atoms with Crippen LogP contribution in [-0.2, 0) is 0 Å². The predicted molar refractivity (Wildman–Crippen MR) is 71.8 cm³/mol. The summed E-state index contributed by atoms with van der Waals surface area (Å²) in [6.07, 6.45) is 0. The van der Waals surface area contributed by atoms with Gasteiger partial charge < -0.3 is 5.32 Å². The van der Waals surface area contributed by atoms with E-state index in [4.69, 9.17) is 11.6 Å². The third-order valence-corrected chi connectivity index (χ3v) is 3.69. The number of anilines is 1. The number of hydrogen-bond acceptors (Lipinski definition) is 1. The van der Waals surface area contributed by atoms with Crippen molar-refractivity contribution in [2.75, 3.05) is 5.32 Å². The molecule has 0 aliphatic carbocycles. The number of rotatable bonds is 3. The quantitative estimate of drug-likeness (QED) is 0.837. The molecule has 1 atom stereocenters. The Hall–Kier alpha value is -0.210. The first-order chi connectivity index (χ1) is 6.91. The molecule has 3 heteroatoms. The summed E-state index contributed by atoms with van der Waals surface area (Å²) >= 11 is 9.63. The van der Waals surface area contributed by atoms with Crippen molar-refractivity contribution in [2.24, 2.45) is 5.92 Å². The van der Waals surface area contributed by atoms with Gasteiger partial charge in [-0.3, -0.25) is 0 Å². The fourth-order valence-electron chi connectivity index (χ4n) is 1.17. The van der Waals surface area contributed by atoms with Crippen molar-refractivity contribution >= 4 is 33.2 Å². The Labute approximate surface area is 105 Å². The first kappa shape index (κ1) is 12.9. The molecule has 0 aliphatic rings. The molecule has 1 unspecified atom stereocenters. The number of halogens is 2. The number of aryl methyl sites for hydroxylation is 1. The molecule has 0 amide bonds. The monoisotopic (exact) mass is 289 g/mol. The Kier molecular flexibility index (Phi) is 4.47. The first-order valence-electron chi connectivity index (χ1n) is 5.14. The molecule has 0 saturated heterocycles. The fourth-order valence-corrected chi connectivity index (χ4v) is 1.90. The molecule has 0 aliphatic heterocycles. The number of benzene rings is 1. The van der Waals surface area contributed by atoms with Gasteiger partial charge in [0, 0.05) is 15.5 Å². The van der Waals surface area contributed by atoms with Crippen LogP contribution in [0.4, 0.5) is 5.69 Å². The van der Waals surface area contributed by atoms with Crippen LogP contribution in [-0.4, -0.2) is 6.04 Å². The van der Waals surface area contributed by atoms with E-state index in [0.717, 1.165) is 20.7 Å². The van der Waals surface area contributed by atoms with Gasteiger partial charge in [0.1, 0.15) is 0 Å². The standard InChI is InChI=1S/C12H17BrClN/c1-7(2)9(4)15-12-6-11(14)8(3)5-10(12)13/h5-7,9,15H,1-4H3. The lowest BCUT2D eigenvalue weighted by atomic mass is 10.1. The van der Waals surface area contributed by atoms with Crippen LogP contribution in [0.2, 0.25) is 5.02 Å². The van der Waals surface area contributed by atoms with Gasteiger partial charge >= 0.3 is 0 Å². The Bertz CT molecular complexity index is 350. The molecule has 1 N–H and O–H groups in total. The Morgan fingerprint density at radius 1 is 1.27 bits per heavy atom. The van der Waals surface area contributed by atoms with Crippen LogP contribution >= 0.6 is 27.5 Å². The Morgan fingerprint density at radius 3 is 2.40 bits per heavy atom. The van der Waals surface area contributed by atoms with Crippen LogP contribution in [0, 0.1) is 12.8 Å². The average molecular weight is 291 g/mol. The SMILES string of the molecule is Cc1cc(Br)c(NC(C)C(C)C)cc1Cl. The molecule has 0 spiro atoms. The van der Waals surface area contributed by atoms with Gasteiger partial charge in [-0.1, -0.05) is 25.4 Å². The van der Waals surface area contributed by atoms with Gasteiger partial charge in [0.05, 0.1) is 5.69 Å². The van der Waals surface area contributed by atoms with Crippen molar-refractivity contribution in [3.63, 3.8) is 0 Å². The maximum atomic E-state index is 6.09. The van der Waals surface area contributed by atoms with Crippen LogP contribution in [0.1, 0.15) is 26.3 Å². The zero-order valence-electron chi connectivity index (χ0n) is 9.57. The van der Waals surface area contributed by atoms with Crippen LogP contribution < -0.4 is 5.32 Å². The summed E-state index contributed by atoms with van der Waals surface area (Å²) in [5.41, 5.74) is 2.15. The van der Waals surface area contributed by atoms with Gasteiger partial charge in [-0.15, -0.1) is 0 Å². The van der Waals surface area contributed by atoms with Gasteiger partial charge in [-0.25, -0.2) is 0 Å². The molecule has 0 bridgehead atoms. The van der Waals surface area contributed by atoms with E-state index in [1.165, 1.54) is 0 Å². The maximum absolute atomic E-state index is 6.09. The molecular weight excluding hydrogens is 273 g/mol. The molecule has 15 heavy (non-hydrogen) atoms. The normalized spacial score (nSPS) is 13.0. The summed E-state index contributed by atoms with van der Waals surface area (Å²) in [6, 6.07) is 4.44. The summed E-state index contributed by atoms with van der Waals surface area (Å²) in [7, 11) is 0. The highest BCUT2D eigenvalue weighted by molar-refractivity contribution is 9.10. The molecule has 1 aromatic carbocycles. The summed E-state index contributed by atoms with van der Waals surface area (Å²) in [5.74, 6) is 0.594. The van der Waals surface area contributed by atoms with Gasteiger partial charge in [0.15, 0.2) is 0 Å². The predicted octanol–water partition coefficient (Wildman–Crippen LogP) is 4.87. The van der Waals surface area contributed by atoms with E-state index in [1.54, 1.807) is 0 Å². The Balaban J connectivity index is 2.91. The minimum Gasteiger partial charge on any atom is -0.381 e. The van der Waals surface area contributed by atoms with Gasteiger partial charge in [0.25, 0.3) is 0 Å². The topological polar surface area (TPSA) is 12.0 Å². The maximum Gasteiger partial charge on any atom is 0.0501 e. The molecule has 1 nitrogen and oxygen atoms in total. The molecule has 0 heterocycles. The lowest BCUT2D eigenvalue weighted by Crippen LogP contribution is -2.21. The minimum absolute atomic E-state index is 0.431. The lowest BCUT2D eigenvalue weighted by Gasteiger charge is -2.20. The van der Waals surface area contributed by atoms with Crippen LogP contribution in [0.25, 0.3) is 0 Å². The van der Waals surface area contributed by atoms with E-state index in [2.05, 4.69) is 42.0 Å². The third-order valence-electron chi connectivity index (χ3n) is 2.63. The molecule has 0 fully saturated rings. The van der Waals surface area contributed by atoms with E-state index >= 15 is 0 Å². The molecule has 0 radical (unpaired) electrons. The van der Waals surface area contributed by atoms with E-state index in [9.17, 15) is 0 Å². The second-order valence-corrected chi connectivity index (χ2v) is 5.52. The van der Waals surface area contributed by atoms with Crippen molar-refractivity contribution in [3.05, 3.63) is 27.2 Å². The van der Waals surface area contributed by atoms with Crippen molar-refractivity contribution < 1.29 is 0 Å². The van der Waals surface area contributed by atoms with Crippen LogP contribution in [0.5, 0.6) is 0 Å². The highest BCUT2D eigenvalue weighted by Crippen LogP contribution is 2.30. The zero-order chi connectivity index (χ0) is 11.6. The second kappa shape index (κ2) is 5.22. The molecular formula is C12H17BrClN. The van der Waals surface area contributed by atoms with E-state index in [-0.39, 0.29) is 0 Å². The molecule has 1 rings (SSSR count). The lowest BCUT2D eigenvalue weighted by molar-refractivity contribution is 0.560. The summed E-state index contributed by atoms with van der Waals surface area (Å²) in [4.78, 5) is 0. The summed E-state index contributed by atoms with van der Waals surface area (Å²) in [5, 5.41) is 4.25. The fraction of sp³-hybridized carbons (Fsp3) is 0.500. The smallest absolute Gasteiger partial charge is 0.0501 e. The molecule has 84 valence electrons. The average Bonchev–Trinajstić information content (AvgIpc) is 2.13. The zero-order valence-corrected chi connectivity index (χ0v) is 11.9. The third kappa shape index (κ3) is 3.39. The van der Waals surface area contributed by atoms with Crippen LogP contribution in [0.3, 0.4) is 0 Å². The van der Waals surface area contributed by atoms with Gasteiger partial charge in [0.2, 0.25) is 0 Å². The second-order valence-electron chi connectivity index (χ2n) is 4.26.